The molecule has 1 aliphatic rings. The predicted molar refractivity (Wildman–Crippen MR) is 87.2 cm³/mol. The Kier molecular flexibility index (Phi) is 4.74. The van der Waals surface area contributed by atoms with E-state index < -0.39 is 0 Å². The smallest absolute Gasteiger partial charge is 0.306 e. The van der Waals surface area contributed by atoms with E-state index in [1.165, 1.54) is 29.7 Å². The standard InChI is InChI=1S/C18H22N2O3/c1-13-7-8-20-16(9-13)19-15(11-17(20)21)12-23-18(22)10-14-5-3-2-4-6-14/h7-9,11,14H,2-6,10,12H2,1H3. The normalized spacial score (nSPS) is 15.7. The van der Waals surface area contributed by atoms with Gasteiger partial charge in [-0.1, -0.05) is 19.3 Å². The molecule has 122 valence electrons. The number of carbonyl (C=O) groups excluding carboxylic acids is 1. The monoisotopic (exact) mass is 314 g/mol. The van der Waals surface area contributed by atoms with Crippen LogP contribution in [0.2, 0.25) is 0 Å². The van der Waals surface area contributed by atoms with Crippen LogP contribution in [-0.2, 0) is 16.1 Å². The van der Waals surface area contributed by atoms with E-state index in [1.54, 1.807) is 6.20 Å². The minimum absolute atomic E-state index is 0.0607. The molecule has 0 unspecified atom stereocenters. The third kappa shape index (κ3) is 3.97. The molecule has 0 amide bonds. The molecule has 0 saturated heterocycles. The lowest BCUT2D eigenvalue weighted by atomic mass is 9.87. The molecule has 3 rings (SSSR count). The van der Waals surface area contributed by atoms with Gasteiger partial charge in [-0.25, -0.2) is 4.98 Å². The third-order valence-corrected chi connectivity index (χ3v) is 4.44. The fourth-order valence-electron chi connectivity index (χ4n) is 3.17. The van der Waals surface area contributed by atoms with Crippen molar-refractivity contribution in [2.45, 2.75) is 52.1 Å². The fourth-order valence-corrected chi connectivity index (χ4v) is 3.17. The Balaban J connectivity index is 1.64. The summed E-state index contributed by atoms with van der Waals surface area (Å²) < 4.78 is 6.80. The molecule has 1 fully saturated rings. The molecule has 0 N–H and O–H groups in total. The van der Waals surface area contributed by atoms with Gasteiger partial charge in [0.2, 0.25) is 0 Å². The first kappa shape index (κ1) is 15.7. The number of ether oxygens (including phenoxy) is 1. The molecular formula is C18H22N2O3. The molecular weight excluding hydrogens is 292 g/mol. The zero-order chi connectivity index (χ0) is 16.2. The molecule has 5 nitrogen and oxygen atoms in total. The Labute approximate surface area is 135 Å². The Hall–Kier alpha value is -2.17. The first-order chi connectivity index (χ1) is 11.1. The van der Waals surface area contributed by atoms with Crippen LogP contribution in [0.25, 0.3) is 5.65 Å². The highest BCUT2D eigenvalue weighted by molar-refractivity contribution is 5.69. The van der Waals surface area contributed by atoms with Crippen LogP contribution in [0.5, 0.6) is 0 Å². The lowest BCUT2D eigenvalue weighted by molar-refractivity contribution is -0.146. The summed E-state index contributed by atoms with van der Waals surface area (Å²) in [5, 5.41) is 0. The highest BCUT2D eigenvalue weighted by atomic mass is 16.5. The van der Waals surface area contributed by atoms with Gasteiger partial charge in [0, 0.05) is 18.7 Å². The zero-order valence-electron chi connectivity index (χ0n) is 13.5. The summed E-state index contributed by atoms with van der Waals surface area (Å²) in [4.78, 5) is 28.4. The van der Waals surface area contributed by atoms with Gasteiger partial charge < -0.3 is 4.74 Å². The first-order valence-corrected chi connectivity index (χ1v) is 8.26. The quantitative estimate of drug-likeness (QED) is 0.814. The van der Waals surface area contributed by atoms with Gasteiger partial charge in [-0.05, 0) is 43.4 Å². The summed E-state index contributed by atoms with van der Waals surface area (Å²) in [5.41, 5.74) is 1.95. The SMILES string of the molecule is Cc1ccn2c(=O)cc(COC(=O)CC3CCCCC3)nc2c1. The fraction of sp³-hybridized carbons (Fsp3) is 0.500. The summed E-state index contributed by atoms with van der Waals surface area (Å²) in [6.07, 6.45) is 8.11. The van der Waals surface area contributed by atoms with Gasteiger partial charge in [0.05, 0.1) is 5.69 Å². The lowest BCUT2D eigenvalue weighted by Crippen LogP contribution is -2.18. The molecule has 0 atom stereocenters. The predicted octanol–water partition coefficient (Wildman–Crippen LogP) is 3.02. The highest BCUT2D eigenvalue weighted by Crippen LogP contribution is 2.26. The van der Waals surface area contributed by atoms with Crippen LogP contribution < -0.4 is 5.56 Å². The van der Waals surface area contributed by atoms with Crippen LogP contribution in [0.15, 0.2) is 29.2 Å². The maximum atomic E-state index is 12.1. The van der Waals surface area contributed by atoms with Crippen molar-refractivity contribution in [3.8, 4) is 0 Å². The van der Waals surface area contributed by atoms with Crippen molar-refractivity contribution in [2.24, 2.45) is 5.92 Å². The number of pyridine rings is 1. The van der Waals surface area contributed by atoms with E-state index in [0.29, 0.717) is 23.7 Å². The molecule has 0 bridgehead atoms. The van der Waals surface area contributed by atoms with Crippen LogP contribution in [0, 0.1) is 12.8 Å². The van der Waals surface area contributed by atoms with Crippen LogP contribution in [0.4, 0.5) is 0 Å². The van der Waals surface area contributed by atoms with E-state index in [2.05, 4.69) is 4.98 Å². The molecule has 23 heavy (non-hydrogen) atoms. The molecule has 0 aliphatic heterocycles. The van der Waals surface area contributed by atoms with Gasteiger partial charge in [0.1, 0.15) is 12.3 Å². The van der Waals surface area contributed by atoms with E-state index in [4.69, 9.17) is 4.74 Å². The van der Waals surface area contributed by atoms with Crippen molar-refractivity contribution in [1.82, 2.24) is 9.38 Å². The second-order valence-corrected chi connectivity index (χ2v) is 6.39. The Morgan fingerprint density at radius 1 is 1.30 bits per heavy atom. The van der Waals surface area contributed by atoms with Crippen molar-refractivity contribution in [3.05, 3.63) is 46.0 Å². The average Bonchev–Trinajstić information content (AvgIpc) is 2.53. The highest BCUT2D eigenvalue weighted by Gasteiger charge is 2.18. The van der Waals surface area contributed by atoms with Gasteiger partial charge in [-0.2, -0.15) is 0 Å². The van der Waals surface area contributed by atoms with Crippen LogP contribution in [-0.4, -0.2) is 15.4 Å². The van der Waals surface area contributed by atoms with E-state index in [-0.39, 0.29) is 18.1 Å². The number of hydrogen-bond donors (Lipinski definition) is 0. The van der Waals surface area contributed by atoms with Crippen molar-refractivity contribution in [3.63, 3.8) is 0 Å². The van der Waals surface area contributed by atoms with Crippen molar-refractivity contribution < 1.29 is 9.53 Å². The average molecular weight is 314 g/mol. The summed E-state index contributed by atoms with van der Waals surface area (Å²) in [5.74, 6) is 0.261. The third-order valence-electron chi connectivity index (χ3n) is 4.44. The zero-order valence-corrected chi connectivity index (χ0v) is 13.5. The minimum Gasteiger partial charge on any atom is -0.459 e. The van der Waals surface area contributed by atoms with Gasteiger partial charge in [0.25, 0.3) is 5.56 Å². The van der Waals surface area contributed by atoms with Gasteiger partial charge in [-0.15, -0.1) is 0 Å². The topological polar surface area (TPSA) is 60.7 Å². The minimum atomic E-state index is -0.192. The van der Waals surface area contributed by atoms with E-state index >= 15 is 0 Å². The van der Waals surface area contributed by atoms with Crippen LogP contribution in [0.3, 0.4) is 0 Å². The molecule has 0 spiro atoms. The van der Waals surface area contributed by atoms with Gasteiger partial charge in [0.15, 0.2) is 0 Å². The molecule has 0 radical (unpaired) electrons. The number of carbonyl (C=O) groups is 1. The number of rotatable bonds is 4. The van der Waals surface area contributed by atoms with Crippen molar-refractivity contribution in [1.29, 1.82) is 0 Å². The van der Waals surface area contributed by atoms with Crippen molar-refractivity contribution >= 4 is 11.6 Å². The maximum Gasteiger partial charge on any atom is 0.306 e. The number of aryl methyl sites for hydroxylation is 1. The molecule has 1 saturated carbocycles. The van der Waals surface area contributed by atoms with Crippen molar-refractivity contribution in [2.75, 3.05) is 0 Å². The molecule has 5 heteroatoms. The largest absolute Gasteiger partial charge is 0.459 e. The maximum absolute atomic E-state index is 12.1. The van der Waals surface area contributed by atoms with E-state index in [1.807, 2.05) is 19.1 Å². The molecule has 2 aromatic rings. The van der Waals surface area contributed by atoms with E-state index in [0.717, 1.165) is 18.4 Å². The summed E-state index contributed by atoms with van der Waals surface area (Å²) in [6, 6.07) is 5.13. The second-order valence-electron chi connectivity index (χ2n) is 6.39. The lowest BCUT2D eigenvalue weighted by Gasteiger charge is -2.20. The first-order valence-electron chi connectivity index (χ1n) is 8.26. The molecule has 2 aromatic heterocycles. The summed E-state index contributed by atoms with van der Waals surface area (Å²) in [7, 11) is 0. The number of esters is 1. The van der Waals surface area contributed by atoms with Gasteiger partial charge >= 0.3 is 5.97 Å². The Morgan fingerprint density at radius 2 is 2.09 bits per heavy atom. The summed E-state index contributed by atoms with van der Waals surface area (Å²) >= 11 is 0. The summed E-state index contributed by atoms with van der Waals surface area (Å²) in [6.45, 7) is 2.01. The Morgan fingerprint density at radius 3 is 2.87 bits per heavy atom. The second kappa shape index (κ2) is 6.94. The number of aromatic nitrogens is 2. The van der Waals surface area contributed by atoms with Crippen LogP contribution >= 0.6 is 0 Å². The Bertz CT molecular complexity index is 760. The molecule has 1 aliphatic carbocycles. The van der Waals surface area contributed by atoms with Gasteiger partial charge in [-0.3, -0.25) is 14.0 Å². The molecule has 2 heterocycles. The van der Waals surface area contributed by atoms with Crippen LogP contribution in [0.1, 0.15) is 49.8 Å². The number of fused-ring (bicyclic) bond motifs is 1. The molecule has 0 aromatic carbocycles. The number of hydrogen-bond acceptors (Lipinski definition) is 4. The van der Waals surface area contributed by atoms with E-state index in [9.17, 15) is 9.59 Å². The number of nitrogens with zero attached hydrogens (tertiary/aromatic N) is 2.